The standard InChI is InChI=1S/C10H18O4/c1-13-9(10(11)12)7-14-8-5-3-2-4-6-8/h8-9H,2-7H2,1H3,(H,11,12). The van der Waals surface area contributed by atoms with Crippen LogP contribution in [0.3, 0.4) is 0 Å². The van der Waals surface area contributed by atoms with Gasteiger partial charge < -0.3 is 14.6 Å². The summed E-state index contributed by atoms with van der Waals surface area (Å²) >= 11 is 0. The van der Waals surface area contributed by atoms with Crippen LogP contribution in [0.2, 0.25) is 0 Å². The van der Waals surface area contributed by atoms with Crippen LogP contribution in [0.25, 0.3) is 0 Å². The van der Waals surface area contributed by atoms with Crippen LogP contribution >= 0.6 is 0 Å². The van der Waals surface area contributed by atoms with E-state index in [0.29, 0.717) is 0 Å². The quantitative estimate of drug-likeness (QED) is 0.732. The predicted octanol–water partition coefficient (Wildman–Crippen LogP) is 1.44. The van der Waals surface area contributed by atoms with Crippen LogP contribution < -0.4 is 0 Å². The summed E-state index contributed by atoms with van der Waals surface area (Å²) in [7, 11) is 1.39. The van der Waals surface area contributed by atoms with E-state index in [0.717, 1.165) is 12.8 Å². The maximum atomic E-state index is 10.6. The zero-order valence-electron chi connectivity index (χ0n) is 8.57. The zero-order chi connectivity index (χ0) is 10.4. The first kappa shape index (κ1) is 11.5. The lowest BCUT2D eigenvalue weighted by atomic mass is 9.98. The van der Waals surface area contributed by atoms with Crippen LogP contribution in [-0.4, -0.2) is 37.0 Å². The van der Waals surface area contributed by atoms with Gasteiger partial charge in [0.05, 0.1) is 12.7 Å². The van der Waals surface area contributed by atoms with Crippen molar-refractivity contribution < 1.29 is 19.4 Å². The summed E-state index contributed by atoms with van der Waals surface area (Å²) in [4.78, 5) is 10.6. The average molecular weight is 202 g/mol. The summed E-state index contributed by atoms with van der Waals surface area (Å²) in [5, 5.41) is 8.70. The number of carbonyl (C=O) groups is 1. The normalized spacial score (nSPS) is 20.6. The topological polar surface area (TPSA) is 55.8 Å². The minimum atomic E-state index is -0.955. The van der Waals surface area contributed by atoms with Gasteiger partial charge in [0.25, 0.3) is 0 Å². The third-order valence-corrected chi connectivity index (χ3v) is 2.60. The van der Waals surface area contributed by atoms with Crippen molar-refractivity contribution in [1.82, 2.24) is 0 Å². The number of rotatable bonds is 5. The van der Waals surface area contributed by atoms with Crippen molar-refractivity contribution in [3.05, 3.63) is 0 Å². The molecule has 1 saturated carbocycles. The van der Waals surface area contributed by atoms with Gasteiger partial charge in [0.2, 0.25) is 0 Å². The highest BCUT2D eigenvalue weighted by Gasteiger charge is 2.20. The van der Waals surface area contributed by atoms with E-state index >= 15 is 0 Å². The molecular weight excluding hydrogens is 184 g/mol. The van der Waals surface area contributed by atoms with Crippen molar-refractivity contribution in [1.29, 1.82) is 0 Å². The van der Waals surface area contributed by atoms with E-state index in [4.69, 9.17) is 14.6 Å². The molecule has 1 N–H and O–H groups in total. The number of aliphatic carboxylic acids is 1. The molecule has 14 heavy (non-hydrogen) atoms. The second-order valence-corrected chi connectivity index (χ2v) is 3.66. The van der Waals surface area contributed by atoms with Gasteiger partial charge in [-0.3, -0.25) is 0 Å². The molecule has 4 heteroatoms. The lowest BCUT2D eigenvalue weighted by Gasteiger charge is -2.23. The van der Waals surface area contributed by atoms with Crippen molar-refractivity contribution in [3.63, 3.8) is 0 Å². The first-order valence-electron chi connectivity index (χ1n) is 5.11. The van der Waals surface area contributed by atoms with Crippen molar-refractivity contribution in [2.24, 2.45) is 0 Å². The van der Waals surface area contributed by atoms with Gasteiger partial charge in [0.1, 0.15) is 0 Å². The van der Waals surface area contributed by atoms with Crippen LogP contribution in [0.1, 0.15) is 32.1 Å². The summed E-state index contributed by atoms with van der Waals surface area (Å²) in [6.07, 6.45) is 5.17. The monoisotopic (exact) mass is 202 g/mol. The molecule has 82 valence electrons. The fraction of sp³-hybridized carbons (Fsp3) is 0.900. The van der Waals surface area contributed by atoms with Crippen LogP contribution in [0.5, 0.6) is 0 Å². The van der Waals surface area contributed by atoms with Gasteiger partial charge in [-0.2, -0.15) is 0 Å². The molecule has 0 bridgehead atoms. The summed E-state index contributed by atoms with van der Waals surface area (Å²) in [6.45, 7) is 0.163. The molecule has 0 spiro atoms. The largest absolute Gasteiger partial charge is 0.479 e. The van der Waals surface area contributed by atoms with Crippen LogP contribution in [0.15, 0.2) is 0 Å². The van der Waals surface area contributed by atoms with Gasteiger partial charge in [0, 0.05) is 7.11 Å². The van der Waals surface area contributed by atoms with E-state index < -0.39 is 12.1 Å². The Balaban J connectivity index is 2.20. The smallest absolute Gasteiger partial charge is 0.335 e. The highest BCUT2D eigenvalue weighted by Crippen LogP contribution is 2.20. The SMILES string of the molecule is COC(COC1CCCCC1)C(=O)O. The van der Waals surface area contributed by atoms with Gasteiger partial charge in [0.15, 0.2) is 6.10 Å². The molecule has 0 aromatic rings. The second-order valence-electron chi connectivity index (χ2n) is 3.66. The molecule has 1 aliphatic carbocycles. The lowest BCUT2D eigenvalue weighted by Crippen LogP contribution is -2.31. The summed E-state index contributed by atoms with van der Waals surface area (Å²) in [5.74, 6) is -0.955. The minimum absolute atomic E-state index is 0.163. The third kappa shape index (κ3) is 3.64. The van der Waals surface area contributed by atoms with Crippen molar-refractivity contribution in [2.75, 3.05) is 13.7 Å². The maximum Gasteiger partial charge on any atom is 0.335 e. The number of carboxylic acid groups (broad SMARTS) is 1. The molecule has 0 saturated heterocycles. The van der Waals surface area contributed by atoms with Crippen LogP contribution in [0.4, 0.5) is 0 Å². The Morgan fingerprint density at radius 3 is 2.57 bits per heavy atom. The predicted molar refractivity (Wildman–Crippen MR) is 51.3 cm³/mol. The molecule has 0 amide bonds. The molecule has 0 radical (unpaired) electrons. The average Bonchev–Trinajstić information content (AvgIpc) is 2.20. The van der Waals surface area contributed by atoms with Crippen LogP contribution in [0, 0.1) is 0 Å². The van der Waals surface area contributed by atoms with Crippen molar-refractivity contribution >= 4 is 5.97 Å². The minimum Gasteiger partial charge on any atom is -0.479 e. The lowest BCUT2D eigenvalue weighted by molar-refractivity contribution is -0.154. The molecule has 1 aliphatic rings. The molecule has 0 heterocycles. The molecule has 0 aromatic heterocycles. The first-order chi connectivity index (χ1) is 6.74. The number of methoxy groups -OCH3 is 1. The molecule has 4 nitrogen and oxygen atoms in total. The molecule has 1 fully saturated rings. The summed E-state index contributed by atoms with van der Waals surface area (Å²) in [6, 6.07) is 0. The molecule has 0 aromatic carbocycles. The molecule has 1 unspecified atom stereocenters. The Morgan fingerprint density at radius 2 is 2.07 bits per heavy atom. The number of ether oxygens (including phenoxy) is 2. The fourth-order valence-corrected chi connectivity index (χ4v) is 1.70. The highest BCUT2D eigenvalue weighted by atomic mass is 16.5. The first-order valence-corrected chi connectivity index (χ1v) is 5.11. The number of hydrogen-bond donors (Lipinski definition) is 1. The Hall–Kier alpha value is -0.610. The van der Waals surface area contributed by atoms with E-state index in [-0.39, 0.29) is 12.7 Å². The Bertz CT molecular complexity index is 175. The van der Waals surface area contributed by atoms with E-state index in [1.54, 1.807) is 0 Å². The Kier molecular flexibility index (Phi) is 4.90. The molecule has 1 atom stereocenters. The Labute approximate surface area is 84.2 Å². The van der Waals surface area contributed by atoms with Crippen LogP contribution in [-0.2, 0) is 14.3 Å². The van der Waals surface area contributed by atoms with Crippen molar-refractivity contribution in [2.45, 2.75) is 44.3 Å². The summed E-state index contributed by atoms with van der Waals surface area (Å²) < 4.78 is 10.3. The van der Waals surface area contributed by atoms with Gasteiger partial charge in [-0.25, -0.2) is 4.79 Å². The van der Waals surface area contributed by atoms with Gasteiger partial charge >= 0.3 is 5.97 Å². The Morgan fingerprint density at radius 1 is 1.43 bits per heavy atom. The second kappa shape index (κ2) is 5.98. The van der Waals surface area contributed by atoms with Gasteiger partial charge in [-0.1, -0.05) is 19.3 Å². The zero-order valence-corrected chi connectivity index (χ0v) is 8.57. The van der Waals surface area contributed by atoms with E-state index in [2.05, 4.69) is 0 Å². The molecule has 1 rings (SSSR count). The van der Waals surface area contributed by atoms with E-state index in [1.807, 2.05) is 0 Å². The number of hydrogen-bond acceptors (Lipinski definition) is 3. The molecular formula is C10H18O4. The van der Waals surface area contributed by atoms with E-state index in [1.165, 1.54) is 26.4 Å². The number of carboxylic acids is 1. The summed E-state index contributed by atoms with van der Waals surface area (Å²) in [5.41, 5.74) is 0. The van der Waals surface area contributed by atoms with E-state index in [9.17, 15) is 4.79 Å². The fourth-order valence-electron chi connectivity index (χ4n) is 1.70. The maximum absolute atomic E-state index is 10.6. The molecule has 0 aliphatic heterocycles. The van der Waals surface area contributed by atoms with Gasteiger partial charge in [-0.15, -0.1) is 0 Å². The van der Waals surface area contributed by atoms with Gasteiger partial charge in [-0.05, 0) is 12.8 Å². The van der Waals surface area contributed by atoms with Crippen molar-refractivity contribution in [3.8, 4) is 0 Å². The third-order valence-electron chi connectivity index (χ3n) is 2.60. The highest BCUT2D eigenvalue weighted by molar-refractivity contribution is 5.72.